The van der Waals surface area contributed by atoms with Gasteiger partial charge in [0.15, 0.2) is 0 Å². The molecule has 0 radical (unpaired) electrons. The fourth-order valence-electron chi connectivity index (χ4n) is 2.01. The molecule has 0 saturated heterocycles. The van der Waals surface area contributed by atoms with E-state index in [-0.39, 0.29) is 0 Å². The van der Waals surface area contributed by atoms with E-state index in [1.807, 2.05) is 37.3 Å². The predicted octanol–water partition coefficient (Wildman–Crippen LogP) is 3.70. The molecule has 3 aromatic rings. The molecule has 0 fully saturated rings. The molecule has 0 spiro atoms. The van der Waals surface area contributed by atoms with Crippen LogP contribution < -0.4 is 4.74 Å². The second kappa shape index (κ2) is 5.46. The van der Waals surface area contributed by atoms with Crippen LogP contribution in [0, 0.1) is 0 Å². The molecule has 102 valence electrons. The summed E-state index contributed by atoms with van der Waals surface area (Å²) >= 11 is 1.68. The Hall–Kier alpha value is -2.14. The molecule has 4 nitrogen and oxygen atoms in total. The van der Waals surface area contributed by atoms with Crippen LogP contribution in [0.25, 0.3) is 21.8 Å². The van der Waals surface area contributed by atoms with Crippen LogP contribution in [0.1, 0.15) is 6.92 Å². The quantitative estimate of drug-likeness (QED) is 0.733. The third-order valence-electron chi connectivity index (χ3n) is 3.06. The summed E-state index contributed by atoms with van der Waals surface area (Å²) in [6.45, 7) is 2.80. The maximum Gasteiger partial charge on any atom is 0.131 e. The summed E-state index contributed by atoms with van der Waals surface area (Å²) in [5.74, 6) is 0.842. The molecule has 0 N–H and O–H groups in total. The highest BCUT2D eigenvalue weighted by Gasteiger charge is 2.15. The average Bonchev–Trinajstić information content (AvgIpc) is 3.16. The van der Waals surface area contributed by atoms with Crippen LogP contribution in [0.15, 0.2) is 41.8 Å². The number of nitrogens with zero attached hydrogens (tertiary/aromatic N) is 3. The van der Waals surface area contributed by atoms with Gasteiger partial charge in [0.1, 0.15) is 17.1 Å². The van der Waals surface area contributed by atoms with Crippen molar-refractivity contribution in [3.05, 3.63) is 41.8 Å². The largest absolute Gasteiger partial charge is 0.497 e. The number of rotatable bonds is 4. The Morgan fingerprint density at radius 3 is 2.45 bits per heavy atom. The zero-order valence-corrected chi connectivity index (χ0v) is 12.2. The van der Waals surface area contributed by atoms with E-state index in [0.717, 1.165) is 34.1 Å². The van der Waals surface area contributed by atoms with Gasteiger partial charge in [0.2, 0.25) is 0 Å². The molecule has 0 bridgehead atoms. The van der Waals surface area contributed by atoms with Crippen LogP contribution in [0.2, 0.25) is 0 Å². The van der Waals surface area contributed by atoms with Gasteiger partial charge in [-0.1, -0.05) is 6.07 Å². The minimum atomic E-state index is 0.758. The molecule has 1 aromatic carbocycles. The fraction of sp³-hybridized carbons (Fsp3) is 0.200. The first-order valence-electron chi connectivity index (χ1n) is 6.45. The molecule has 0 aliphatic rings. The summed E-state index contributed by atoms with van der Waals surface area (Å²) in [6.07, 6.45) is 0. The van der Waals surface area contributed by atoms with Gasteiger partial charge >= 0.3 is 0 Å². The van der Waals surface area contributed by atoms with E-state index in [0.29, 0.717) is 0 Å². The summed E-state index contributed by atoms with van der Waals surface area (Å²) in [5.41, 5.74) is 2.90. The number of ether oxygens (including phenoxy) is 1. The van der Waals surface area contributed by atoms with E-state index in [1.165, 1.54) is 0 Å². The van der Waals surface area contributed by atoms with Gasteiger partial charge < -0.3 is 4.74 Å². The summed E-state index contributed by atoms with van der Waals surface area (Å²) in [7, 11) is 1.67. The zero-order valence-electron chi connectivity index (χ0n) is 11.4. The van der Waals surface area contributed by atoms with E-state index >= 15 is 0 Å². The first-order chi connectivity index (χ1) is 9.81. The summed E-state index contributed by atoms with van der Waals surface area (Å²) in [5, 5.41) is 11.2. The molecule has 20 heavy (non-hydrogen) atoms. The molecule has 0 atom stereocenters. The fourth-order valence-corrected chi connectivity index (χ4v) is 2.72. The van der Waals surface area contributed by atoms with Crippen molar-refractivity contribution in [1.82, 2.24) is 15.0 Å². The minimum Gasteiger partial charge on any atom is -0.497 e. The van der Waals surface area contributed by atoms with Gasteiger partial charge in [-0.3, -0.25) is 0 Å². The second-order valence-corrected chi connectivity index (χ2v) is 5.24. The summed E-state index contributed by atoms with van der Waals surface area (Å²) < 4.78 is 5.19. The Kier molecular flexibility index (Phi) is 3.52. The van der Waals surface area contributed by atoms with Crippen molar-refractivity contribution >= 4 is 11.3 Å². The third kappa shape index (κ3) is 2.32. The number of thiophene rings is 1. The Morgan fingerprint density at radius 1 is 1.10 bits per heavy atom. The van der Waals surface area contributed by atoms with E-state index in [1.54, 1.807) is 23.2 Å². The topological polar surface area (TPSA) is 39.9 Å². The lowest BCUT2D eigenvalue weighted by atomic mass is 10.1. The van der Waals surface area contributed by atoms with E-state index in [4.69, 9.17) is 4.74 Å². The van der Waals surface area contributed by atoms with Crippen molar-refractivity contribution in [2.75, 3.05) is 7.11 Å². The van der Waals surface area contributed by atoms with Crippen molar-refractivity contribution < 1.29 is 4.74 Å². The van der Waals surface area contributed by atoms with Crippen LogP contribution in [0.4, 0.5) is 0 Å². The number of hydrogen-bond donors (Lipinski definition) is 0. The lowest BCUT2D eigenvalue weighted by Gasteiger charge is -2.01. The van der Waals surface area contributed by atoms with Crippen LogP contribution in [0.3, 0.4) is 0 Å². The van der Waals surface area contributed by atoms with Gasteiger partial charge in [0, 0.05) is 5.56 Å². The Labute approximate surface area is 121 Å². The SMILES string of the molecule is CCn1nc(-c2ccc(OC)cc2)c(-c2cccs2)n1. The molecule has 3 rings (SSSR count). The molecular formula is C15H15N3OS. The Morgan fingerprint density at radius 2 is 1.85 bits per heavy atom. The molecule has 2 heterocycles. The lowest BCUT2D eigenvalue weighted by Crippen LogP contribution is -1.98. The third-order valence-corrected chi connectivity index (χ3v) is 3.93. The Bertz CT molecular complexity index is 686. The zero-order chi connectivity index (χ0) is 13.9. The minimum absolute atomic E-state index is 0.758. The molecular weight excluding hydrogens is 270 g/mol. The van der Waals surface area contributed by atoms with Crippen molar-refractivity contribution in [1.29, 1.82) is 0 Å². The van der Waals surface area contributed by atoms with Crippen LogP contribution >= 0.6 is 11.3 Å². The first-order valence-corrected chi connectivity index (χ1v) is 7.33. The van der Waals surface area contributed by atoms with Crippen LogP contribution in [-0.4, -0.2) is 22.1 Å². The van der Waals surface area contributed by atoms with E-state index < -0.39 is 0 Å². The predicted molar refractivity (Wildman–Crippen MR) is 81.0 cm³/mol. The molecule has 0 aliphatic heterocycles. The highest BCUT2D eigenvalue weighted by molar-refractivity contribution is 7.13. The molecule has 2 aromatic heterocycles. The number of benzene rings is 1. The number of hydrogen-bond acceptors (Lipinski definition) is 4. The van der Waals surface area contributed by atoms with Crippen LogP contribution in [-0.2, 0) is 6.54 Å². The number of aryl methyl sites for hydroxylation is 1. The molecule has 0 saturated carbocycles. The summed E-state index contributed by atoms with van der Waals surface area (Å²) in [4.78, 5) is 2.87. The highest BCUT2D eigenvalue weighted by Crippen LogP contribution is 2.32. The van der Waals surface area contributed by atoms with E-state index in [2.05, 4.69) is 21.6 Å². The van der Waals surface area contributed by atoms with Gasteiger partial charge in [-0.25, -0.2) is 0 Å². The second-order valence-electron chi connectivity index (χ2n) is 4.29. The van der Waals surface area contributed by atoms with Gasteiger partial charge in [-0.05, 0) is 42.6 Å². The normalized spacial score (nSPS) is 10.7. The first kappa shape index (κ1) is 12.9. The maximum atomic E-state index is 5.19. The average molecular weight is 285 g/mol. The number of methoxy groups -OCH3 is 1. The molecule has 5 heteroatoms. The summed E-state index contributed by atoms with van der Waals surface area (Å²) in [6, 6.07) is 12.0. The van der Waals surface area contributed by atoms with E-state index in [9.17, 15) is 0 Å². The highest BCUT2D eigenvalue weighted by atomic mass is 32.1. The molecule has 0 amide bonds. The van der Waals surface area contributed by atoms with Gasteiger partial charge in [-0.2, -0.15) is 15.0 Å². The van der Waals surface area contributed by atoms with Crippen molar-refractivity contribution in [3.8, 4) is 27.6 Å². The maximum absolute atomic E-state index is 5.19. The lowest BCUT2D eigenvalue weighted by molar-refractivity contribution is 0.415. The smallest absolute Gasteiger partial charge is 0.131 e. The van der Waals surface area contributed by atoms with Crippen molar-refractivity contribution in [2.24, 2.45) is 0 Å². The van der Waals surface area contributed by atoms with Gasteiger partial charge in [0.05, 0.1) is 18.5 Å². The number of aromatic nitrogens is 3. The molecule has 0 aliphatic carbocycles. The van der Waals surface area contributed by atoms with Gasteiger partial charge in [-0.15, -0.1) is 11.3 Å². The monoisotopic (exact) mass is 285 g/mol. The van der Waals surface area contributed by atoms with Crippen molar-refractivity contribution in [2.45, 2.75) is 13.5 Å². The Balaban J connectivity index is 2.09. The van der Waals surface area contributed by atoms with Crippen molar-refractivity contribution in [3.63, 3.8) is 0 Å². The van der Waals surface area contributed by atoms with Crippen LogP contribution in [0.5, 0.6) is 5.75 Å². The van der Waals surface area contributed by atoms with Gasteiger partial charge in [0.25, 0.3) is 0 Å². The standard InChI is InChI=1S/C15H15N3OS/c1-3-18-16-14(11-6-8-12(19-2)9-7-11)15(17-18)13-5-4-10-20-13/h4-10H,3H2,1-2H3. The molecule has 0 unspecified atom stereocenters.